The SMILES string of the molecule is CC.CC.CC(O)C(N)/C=C/CCC(=O)O.NC1C(/C=C/CC(=O)O)=CCCC1O.NC1C(O)CCCC1/C=C/CC(=O)O. The van der Waals surface area contributed by atoms with E-state index in [0.717, 1.165) is 31.3 Å². The third kappa shape index (κ3) is 24.6. The Morgan fingerprint density at radius 1 is 0.886 bits per heavy atom. The van der Waals surface area contributed by atoms with Crippen LogP contribution in [0.2, 0.25) is 0 Å². The average Bonchev–Trinajstić information content (AvgIpc) is 2.98. The molecular formula is C32H59N3O9. The van der Waals surface area contributed by atoms with Gasteiger partial charge >= 0.3 is 17.9 Å². The summed E-state index contributed by atoms with van der Waals surface area (Å²) in [5.41, 5.74) is 17.8. The number of carboxylic acids is 3. The third-order valence-corrected chi connectivity index (χ3v) is 6.34. The van der Waals surface area contributed by atoms with Gasteiger partial charge in [-0.25, -0.2) is 0 Å². The number of carbonyl (C=O) groups is 3. The minimum Gasteiger partial charge on any atom is -0.481 e. The smallest absolute Gasteiger partial charge is 0.307 e. The molecule has 12 N–H and O–H groups in total. The van der Waals surface area contributed by atoms with Gasteiger partial charge in [0.05, 0.1) is 37.2 Å². The Kier molecular flexibility index (Phi) is 29.9. The van der Waals surface area contributed by atoms with Gasteiger partial charge in [-0.15, -0.1) is 0 Å². The van der Waals surface area contributed by atoms with Crippen molar-refractivity contribution in [2.45, 2.75) is 129 Å². The first kappa shape index (κ1) is 45.6. The van der Waals surface area contributed by atoms with Crippen molar-refractivity contribution in [1.29, 1.82) is 0 Å². The van der Waals surface area contributed by atoms with Crippen LogP contribution in [0, 0.1) is 5.92 Å². The van der Waals surface area contributed by atoms with Crippen LogP contribution in [-0.4, -0.2) is 85.0 Å². The Bertz CT molecular complexity index is 888. The van der Waals surface area contributed by atoms with E-state index < -0.39 is 42.3 Å². The van der Waals surface area contributed by atoms with Crippen LogP contribution in [0.1, 0.15) is 92.4 Å². The maximum absolute atomic E-state index is 10.3. The second-order valence-corrected chi connectivity index (χ2v) is 9.82. The summed E-state index contributed by atoms with van der Waals surface area (Å²) >= 11 is 0. The van der Waals surface area contributed by atoms with Gasteiger partial charge in [0.25, 0.3) is 0 Å². The lowest BCUT2D eigenvalue weighted by atomic mass is 9.83. The summed E-state index contributed by atoms with van der Waals surface area (Å²) < 4.78 is 0. The molecule has 0 heterocycles. The summed E-state index contributed by atoms with van der Waals surface area (Å²) in [7, 11) is 0. The topological polar surface area (TPSA) is 251 Å². The zero-order valence-electron chi connectivity index (χ0n) is 27.1. The van der Waals surface area contributed by atoms with E-state index in [4.69, 9.17) is 37.6 Å². The van der Waals surface area contributed by atoms with Crippen molar-refractivity contribution in [1.82, 2.24) is 0 Å². The summed E-state index contributed by atoms with van der Waals surface area (Å²) in [5.74, 6) is -2.42. The molecule has 0 aromatic rings. The van der Waals surface area contributed by atoms with Gasteiger partial charge < -0.3 is 47.8 Å². The van der Waals surface area contributed by atoms with Crippen molar-refractivity contribution in [2.24, 2.45) is 23.1 Å². The molecule has 2 aliphatic rings. The lowest BCUT2D eigenvalue weighted by molar-refractivity contribution is -0.137. The number of nitrogens with two attached hydrogens (primary N) is 3. The zero-order valence-corrected chi connectivity index (χ0v) is 27.1. The quantitative estimate of drug-likeness (QED) is 0.150. The van der Waals surface area contributed by atoms with E-state index in [0.29, 0.717) is 12.8 Å². The second kappa shape index (κ2) is 28.9. The molecule has 0 aliphatic heterocycles. The van der Waals surface area contributed by atoms with E-state index >= 15 is 0 Å². The van der Waals surface area contributed by atoms with E-state index in [1.54, 1.807) is 37.3 Å². The molecule has 44 heavy (non-hydrogen) atoms. The number of aliphatic hydroxyl groups excluding tert-OH is 3. The molecule has 256 valence electrons. The zero-order chi connectivity index (χ0) is 34.7. The highest BCUT2D eigenvalue weighted by molar-refractivity contribution is 5.69. The number of hydrogen-bond acceptors (Lipinski definition) is 9. The Labute approximate surface area is 263 Å². The van der Waals surface area contributed by atoms with E-state index in [1.165, 1.54) is 0 Å². The first-order valence-corrected chi connectivity index (χ1v) is 15.4. The van der Waals surface area contributed by atoms with Crippen molar-refractivity contribution < 1.29 is 45.0 Å². The molecule has 0 aromatic carbocycles. The summed E-state index contributed by atoms with van der Waals surface area (Å²) in [4.78, 5) is 30.6. The van der Waals surface area contributed by atoms with Crippen molar-refractivity contribution >= 4 is 17.9 Å². The Morgan fingerprint density at radius 2 is 1.45 bits per heavy atom. The van der Waals surface area contributed by atoms with Crippen LogP contribution in [0.3, 0.4) is 0 Å². The van der Waals surface area contributed by atoms with Gasteiger partial charge in [0.1, 0.15) is 0 Å². The van der Waals surface area contributed by atoms with E-state index in [9.17, 15) is 24.6 Å². The second-order valence-electron chi connectivity index (χ2n) is 9.82. The fraction of sp³-hybridized carbons (Fsp3) is 0.656. The Morgan fingerprint density at radius 3 is 1.98 bits per heavy atom. The fourth-order valence-corrected chi connectivity index (χ4v) is 3.86. The molecule has 7 atom stereocenters. The fourth-order valence-electron chi connectivity index (χ4n) is 3.86. The summed E-state index contributed by atoms with van der Waals surface area (Å²) in [6, 6.07) is -1.03. The maximum atomic E-state index is 10.3. The minimum atomic E-state index is -0.869. The van der Waals surface area contributed by atoms with Crippen LogP contribution in [-0.2, 0) is 14.4 Å². The van der Waals surface area contributed by atoms with Crippen molar-refractivity contribution in [3.63, 3.8) is 0 Å². The Hall–Kier alpha value is -2.87. The molecule has 1 saturated carbocycles. The van der Waals surface area contributed by atoms with E-state index in [2.05, 4.69) is 0 Å². The molecule has 0 spiro atoms. The van der Waals surface area contributed by atoms with Gasteiger partial charge in [-0.1, -0.05) is 76.6 Å². The van der Waals surface area contributed by atoms with Crippen molar-refractivity contribution in [3.05, 3.63) is 48.1 Å². The number of hydrogen-bond donors (Lipinski definition) is 9. The van der Waals surface area contributed by atoms with Crippen LogP contribution in [0.25, 0.3) is 0 Å². The van der Waals surface area contributed by atoms with Crippen LogP contribution >= 0.6 is 0 Å². The first-order valence-electron chi connectivity index (χ1n) is 15.4. The van der Waals surface area contributed by atoms with Crippen LogP contribution in [0.4, 0.5) is 0 Å². The molecule has 0 amide bonds. The molecular weight excluding hydrogens is 570 g/mol. The van der Waals surface area contributed by atoms with Gasteiger partial charge in [-0.2, -0.15) is 0 Å². The maximum Gasteiger partial charge on any atom is 0.307 e. The first-order chi connectivity index (χ1) is 20.8. The van der Waals surface area contributed by atoms with E-state index in [-0.39, 0.29) is 37.3 Å². The largest absolute Gasteiger partial charge is 0.481 e. The molecule has 1 fully saturated rings. The predicted molar refractivity (Wildman–Crippen MR) is 174 cm³/mol. The van der Waals surface area contributed by atoms with Gasteiger partial charge in [-0.3, -0.25) is 14.4 Å². The number of carboxylic acid groups (broad SMARTS) is 3. The van der Waals surface area contributed by atoms with Crippen LogP contribution in [0.15, 0.2) is 48.1 Å². The molecule has 0 bridgehead atoms. The molecule has 0 saturated heterocycles. The van der Waals surface area contributed by atoms with E-state index in [1.807, 2.05) is 39.8 Å². The predicted octanol–water partition coefficient (Wildman–Crippen LogP) is 3.10. The summed E-state index contributed by atoms with van der Waals surface area (Å²) in [6.07, 6.45) is 15.0. The molecule has 0 radical (unpaired) electrons. The lowest BCUT2D eigenvalue weighted by Gasteiger charge is -2.30. The van der Waals surface area contributed by atoms with Gasteiger partial charge in [-0.05, 0) is 50.5 Å². The lowest BCUT2D eigenvalue weighted by Crippen LogP contribution is -2.43. The minimum absolute atomic E-state index is 0.0137. The highest BCUT2D eigenvalue weighted by Gasteiger charge is 2.27. The van der Waals surface area contributed by atoms with Crippen molar-refractivity contribution in [2.75, 3.05) is 0 Å². The number of allylic oxidation sites excluding steroid dienone is 2. The van der Waals surface area contributed by atoms with Crippen LogP contribution in [0.5, 0.6) is 0 Å². The van der Waals surface area contributed by atoms with Gasteiger partial charge in [0, 0.05) is 18.5 Å². The monoisotopic (exact) mass is 629 g/mol. The summed E-state index contributed by atoms with van der Waals surface area (Å²) in [5, 5.41) is 53.0. The third-order valence-electron chi connectivity index (χ3n) is 6.34. The molecule has 2 aliphatic carbocycles. The molecule has 12 heteroatoms. The Balaban J connectivity index is -0.000000543. The summed E-state index contributed by atoms with van der Waals surface area (Å²) in [6.45, 7) is 9.59. The average molecular weight is 630 g/mol. The normalized spacial score (nSPS) is 24.2. The van der Waals surface area contributed by atoms with Crippen molar-refractivity contribution in [3.8, 4) is 0 Å². The number of rotatable bonds is 11. The number of aliphatic carboxylic acids is 3. The highest BCUT2D eigenvalue weighted by Crippen LogP contribution is 2.24. The standard InChI is InChI=1S/C10H17NO3.C10H15NO3.C8H15NO3.2C2H6/c2*11-10-7(3-1-5-8(10)12)4-2-6-9(13)14;1-6(10)7(9)4-2-3-5-8(11)12;2*1-2/h2,4,7-8,10,12H,1,3,5-6,11H2,(H,13,14);2-4,8,10,12H,1,5-6,11H2,(H,13,14);2,4,6-7,10H,3,5,9H2,1H3,(H,11,12);2*1-2H3/b3*4-2+;;. The number of aliphatic hydroxyl groups is 3. The van der Waals surface area contributed by atoms with Crippen LogP contribution < -0.4 is 17.2 Å². The highest BCUT2D eigenvalue weighted by atomic mass is 16.4. The molecule has 7 unspecified atom stereocenters. The molecule has 2 rings (SSSR count). The van der Waals surface area contributed by atoms with Gasteiger partial charge in [0.2, 0.25) is 0 Å². The molecule has 12 nitrogen and oxygen atoms in total. The molecule has 0 aromatic heterocycles. The van der Waals surface area contributed by atoms with Gasteiger partial charge in [0.15, 0.2) is 0 Å².